The maximum absolute atomic E-state index is 14.5. The van der Waals surface area contributed by atoms with E-state index in [1.165, 1.54) is 12.0 Å². The summed E-state index contributed by atoms with van der Waals surface area (Å²) in [6.45, 7) is 0.514. The number of carbonyl (C=O) groups is 10. The Balaban J connectivity index is 1.58. The van der Waals surface area contributed by atoms with E-state index < -0.39 is 121 Å². The van der Waals surface area contributed by atoms with Gasteiger partial charge in [0.2, 0.25) is 59.1 Å². The molecule has 10 amide bonds. The molecule has 1 fully saturated rings. The summed E-state index contributed by atoms with van der Waals surface area (Å²) in [6, 6.07) is 14.8. The highest BCUT2D eigenvalue weighted by Gasteiger charge is 2.40. The molecule has 0 radical (unpaired) electrons. The number of benzene rings is 3. The molecule has 0 bridgehead atoms. The van der Waals surface area contributed by atoms with Crippen LogP contribution in [-0.2, 0) is 67.2 Å². The smallest absolute Gasteiger partial charge is 0.245 e. The summed E-state index contributed by atoms with van der Waals surface area (Å²) >= 11 is 0. The van der Waals surface area contributed by atoms with Crippen molar-refractivity contribution in [1.82, 2.24) is 36.8 Å². The lowest BCUT2D eigenvalue weighted by Crippen LogP contribution is -2.60. The fraction of sp³-hybridized carbons (Fsp3) is 0.453. The Bertz CT molecular complexity index is 2550. The van der Waals surface area contributed by atoms with Gasteiger partial charge in [0.1, 0.15) is 48.0 Å². The van der Waals surface area contributed by atoms with Crippen LogP contribution in [0.25, 0.3) is 0 Å². The quantitative estimate of drug-likeness (QED) is 0.0170. The van der Waals surface area contributed by atoms with Gasteiger partial charge in [-0.25, -0.2) is 0 Å². The Morgan fingerprint density at radius 3 is 1.71 bits per heavy atom. The van der Waals surface area contributed by atoms with E-state index in [9.17, 15) is 47.9 Å². The number of rotatable bonds is 33. The lowest BCUT2D eigenvalue weighted by Gasteiger charge is -2.31. The van der Waals surface area contributed by atoms with Crippen LogP contribution < -0.4 is 71.0 Å². The average Bonchev–Trinajstić information content (AvgIpc) is 3.90. The number of ether oxygens (including phenoxy) is 1. The van der Waals surface area contributed by atoms with Gasteiger partial charge in [0, 0.05) is 32.4 Å². The first-order valence-corrected chi connectivity index (χ1v) is 25.7. The number of nitrogens with two attached hydrogens (primary N) is 6. The summed E-state index contributed by atoms with van der Waals surface area (Å²) in [7, 11) is 1.50. The predicted molar refractivity (Wildman–Crippen MR) is 288 cm³/mol. The molecule has 0 aromatic heterocycles. The van der Waals surface area contributed by atoms with Crippen molar-refractivity contribution in [3.05, 3.63) is 102 Å². The van der Waals surface area contributed by atoms with E-state index in [-0.39, 0.29) is 64.1 Å². The summed E-state index contributed by atoms with van der Waals surface area (Å²) in [5.41, 5.74) is 35.1. The van der Waals surface area contributed by atoms with E-state index in [1.807, 2.05) is 0 Å². The molecule has 3 aromatic rings. The molecule has 0 saturated carbocycles. The number of primary amides is 3. The molecule has 3 aromatic carbocycles. The molecule has 25 nitrogen and oxygen atoms in total. The number of carbonyl (C=O) groups excluding carboxylic acids is 10. The Hall–Kier alpha value is -8.61. The third kappa shape index (κ3) is 21.2. The molecule has 1 aliphatic rings. The number of unbranched alkanes of at least 4 members (excludes halogenated alkanes) is 1. The van der Waals surface area contributed by atoms with Crippen molar-refractivity contribution in [2.24, 2.45) is 39.4 Å². The zero-order chi connectivity index (χ0) is 57.1. The first kappa shape index (κ1) is 61.9. The molecule has 25 heteroatoms. The van der Waals surface area contributed by atoms with Gasteiger partial charge in [-0.3, -0.25) is 52.9 Å². The Morgan fingerprint density at radius 2 is 1.13 bits per heavy atom. The average molecular weight is 1080 g/mol. The lowest BCUT2D eigenvalue weighted by atomic mass is 10.0. The number of amides is 10. The maximum atomic E-state index is 14.5. The van der Waals surface area contributed by atoms with Gasteiger partial charge in [0.05, 0.1) is 20.0 Å². The van der Waals surface area contributed by atoms with Gasteiger partial charge in [0.15, 0.2) is 5.96 Å². The topological polar surface area (TPSA) is 424 Å². The molecular weight excluding hydrogens is 1010 g/mol. The van der Waals surface area contributed by atoms with E-state index in [1.54, 1.807) is 84.9 Å². The van der Waals surface area contributed by atoms with Gasteiger partial charge < -0.3 is 75.9 Å². The summed E-state index contributed by atoms with van der Waals surface area (Å²) in [4.78, 5) is 141. The fourth-order valence-corrected chi connectivity index (χ4v) is 8.66. The van der Waals surface area contributed by atoms with Crippen LogP contribution in [0.15, 0.2) is 89.9 Å². The van der Waals surface area contributed by atoms with Gasteiger partial charge in [0.25, 0.3) is 0 Å². The molecule has 4 rings (SSSR count). The number of hydrogen-bond acceptors (Lipinski definition) is 13. The molecule has 0 aliphatic carbocycles. The number of hydrogen-bond donors (Lipinski definition) is 12. The van der Waals surface area contributed by atoms with Crippen LogP contribution in [0.2, 0.25) is 0 Å². The Labute approximate surface area is 452 Å². The van der Waals surface area contributed by atoms with Crippen LogP contribution in [0.4, 0.5) is 0 Å². The second kappa shape index (κ2) is 32.1. The number of methoxy groups -OCH3 is 1. The molecule has 7 atom stereocenters. The molecule has 0 spiro atoms. The van der Waals surface area contributed by atoms with Crippen LogP contribution in [0.1, 0.15) is 80.9 Å². The molecule has 1 aliphatic heterocycles. The van der Waals surface area contributed by atoms with Crippen LogP contribution in [0.3, 0.4) is 0 Å². The highest BCUT2D eigenvalue weighted by Crippen LogP contribution is 2.21. The molecule has 1 heterocycles. The van der Waals surface area contributed by atoms with Crippen LogP contribution in [-0.4, -0.2) is 139 Å². The monoisotopic (exact) mass is 1080 g/mol. The van der Waals surface area contributed by atoms with Crippen molar-refractivity contribution >= 4 is 65.0 Å². The summed E-state index contributed by atoms with van der Waals surface area (Å²) < 4.78 is 5.28. The number of guanidine groups is 1. The van der Waals surface area contributed by atoms with E-state index in [0.717, 1.165) is 0 Å². The SMILES string of the molecule is COc1ccc(C[C@@H](NC(=O)Cc2ccccc2)C(=O)N[C@@H](Cc2ccccc2)C(=O)N[C@@H](CCC(N)=O)C(=O)N[C@@H](CC(N)=O)C(=O)N[C@@H](CCCCN)C(=O)N2CCC[C@@H]2C(=O)N[C@@H](CCCN=C(N)N)C(N)=O)cc1. The van der Waals surface area contributed by atoms with E-state index >= 15 is 0 Å². The van der Waals surface area contributed by atoms with Gasteiger partial charge in [-0.1, -0.05) is 72.8 Å². The number of likely N-dealkylation sites (tertiary alicyclic amines) is 1. The summed E-state index contributed by atoms with van der Waals surface area (Å²) in [5.74, 6) is -7.87. The largest absolute Gasteiger partial charge is 0.497 e. The van der Waals surface area contributed by atoms with E-state index in [4.69, 9.17) is 39.1 Å². The minimum atomic E-state index is -1.75. The lowest BCUT2D eigenvalue weighted by molar-refractivity contribution is -0.142. The highest BCUT2D eigenvalue weighted by atomic mass is 16.5. The van der Waals surface area contributed by atoms with Gasteiger partial charge in [-0.2, -0.15) is 0 Å². The molecular formula is C53H74N14O11. The number of nitrogens with zero attached hydrogens (tertiary/aromatic N) is 2. The van der Waals surface area contributed by atoms with Crippen LogP contribution >= 0.6 is 0 Å². The predicted octanol–water partition coefficient (Wildman–Crippen LogP) is -2.57. The third-order valence-corrected chi connectivity index (χ3v) is 12.7. The highest BCUT2D eigenvalue weighted by molar-refractivity contribution is 5.99. The van der Waals surface area contributed by atoms with Crippen molar-refractivity contribution < 1.29 is 52.7 Å². The van der Waals surface area contributed by atoms with Gasteiger partial charge in [-0.05, 0) is 86.7 Å². The van der Waals surface area contributed by atoms with Crippen molar-refractivity contribution in [3.63, 3.8) is 0 Å². The first-order valence-electron chi connectivity index (χ1n) is 25.7. The Kier molecular flexibility index (Phi) is 25.5. The first-order chi connectivity index (χ1) is 37.3. The zero-order valence-electron chi connectivity index (χ0n) is 43.8. The van der Waals surface area contributed by atoms with Crippen molar-refractivity contribution in [2.75, 3.05) is 26.7 Å². The summed E-state index contributed by atoms with van der Waals surface area (Å²) in [5, 5.41) is 15.8. The summed E-state index contributed by atoms with van der Waals surface area (Å²) in [6.07, 6.45) is -0.0365. The zero-order valence-corrected chi connectivity index (χ0v) is 43.8. The van der Waals surface area contributed by atoms with E-state index in [0.29, 0.717) is 48.1 Å². The molecule has 18 N–H and O–H groups in total. The standard InChI is InChI=1S/C53H74N14O11/c1-78-35-21-19-34(20-22-35)29-39(61-45(70)30-33-14-6-3-7-15-33)48(73)65-40(28-32-12-4-2-5-13-32)49(74)63-37(23-24-43(55)68)47(72)66-41(31-44(56)69)50(75)64-38(16-8-9-25-54)52(77)67-27-11-18-42(67)51(76)62-36(46(57)71)17-10-26-60-53(58)59/h2-7,12-15,19-22,36-42H,8-11,16-18,23-31,54H2,1H3,(H2,55,68)(H2,56,69)(H2,57,71)(H,61,70)(H,62,76)(H,63,74)(H,64,75)(H,65,73)(H,66,72)(H4,58,59,60)/t36-,37-,38-,39+,40-,41-,42+/m0/s1. The van der Waals surface area contributed by atoms with Crippen molar-refractivity contribution in [3.8, 4) is 5.75 Å². The minimum absolute atomic E-state index is 0.00254. The third-order valence-electron chi connectivity index (χ3n) is 12.7. The van der Waals surface area contributed by atoms with Crippen LogP contribution in [0, 0.1) is 0 Å². The fourth-order valence-electron chi connectivity index (χ4n) is 8.66. The number of nitrogens with one attached hydrogen (secondary N) is 6. The second-order valence-corrected chi connectivity index (χ2v) is 18.8. The van der Waals surface area contributed by atoms with Crippen molar-refractivity contribution in [2.45, 2.75) is 126 Å². The second-order valence-electron chi connectivity index (χ2n) is 18.8. The normalized spacial score (nSPS) is 15.1. The van der Waals surface area contributed by atoms with Crippen molar-refractivity contribution in [1.29, 1.82) is 0 Å². The minimum Gasteiger partial charge on any atom is -0.497 e. The molecule has 78 heavy (non-hydrogen) atoms. The van der Waals surface area contributed by atoms with Gasteiger partial charge in [-0.15, -0.1) is 0 Å². The van der Waals surface area contributed by atoms with Crippen LogP contribution in [0.5, 0.6) is 5.75 Å². The Morgan fingerprint density at radius 1 is 0.590 bits per heavy atom. The van der Waals surface area contributed by atoms with E-state index in [2.05, 4.69) is 36.9 Å². The molecule has 422 valence electrons. The maximum Gasteiger partial charge on any atom is 0.245 e. The number of aliphatic imine (C=N–C) groups is 1. The van der Waals surface area contributed by atoms with Gasteiger partial charge >= 0.3 is 0 Å². The molecule has 1 saturated heterocycles. The molecule has 0 unspecified atom stereocenters.